The minimum absolute atomic E-state index is 0.124. The summed E-state index contributed by atoms with van der Waals surface area (Å²) in [4.78, 5) is 18.0. The van der Waals surface area contributed by atoms with Gasteiger partial charge in [-0.25, -0.2) is 9.18 Å². The van der Waals surface area contributed by atoms with Crippen LogP contribution in [0.5, 0.6) is 0 Å². The number of hydrogen-bond acceptors (Lipinski definition) is 4. The number of amides is 2. The van der Waals surface area contributed by atoms with Crippen molar-refractivity contribution in [3.05, 3.63) is 46.4 Å². The first-order valence-electron chi connectivity index (χ1n) is 10.1. The summed E-state index contributed by atoms with van der Waals surface area (Å²) in [6, 6.07) is 8.48. The summed E-state index contributed by atoms with van der Waals surface area (Å²) in [5, 5.41) is 7.83. The van der Waals surface area contributed by atoms with E-state index in [0.717, 1.165) is 37.5 Å². The molecule has 1 atom stereocenters. The van der Waals surface area contributed by atoms with Crippen LogP contribution >= 0.6 is 11.3 Å². The molecule has 3 rings (SSSR count). The van der Waals surface area contributed by atoms with Gasteiger partial charge >= 0.3 is 6.03 Å². The molecule has 0 aliphatic carbocycles. The molecule has 158 valence electrons. The lowest BCUT2D eigenvalue weighted by atomic mass is 9.86. The Kier molecular flexibility index (Phi) is 6.80. The van der Waals surface area contributed by atoms with Crippen molar-refractivity contribution in [1.29, 1.82) is 0 Å². The van der Waals surface area contributed by atoms with E-state index in [4.69, 9.17) is 0 Å². The maximum absolute atomic E-state index is 14.8. The van der Waals surface area contributed by atoms with Gasteiger partial charge in [-0.15, -0.1) is 11.3 Å². The van der Waals surface area contributed by atoms with E-state index in [1.54, 1.807) is 23.5 Å². The Morgan fingerprint density at radius 3 is 2.62 bits per heavy atom. The Morgan fingerprint density at radius 2 is 1.97 bits per heavy atom. The van der Waals surface area contributed by atoms with Gasteiger partial charge in [0.15, 0.2) is 0 Å². The first-order chi connectivity index (χ1) is 13.7. The third-order valence-corrected chi connectivity index (χ3v) is 6.17. The molecule has 29 heavy (non-hydrogen) atoms. The van der Waals surface area contributed by atoms with E-state index in [2.05, 4.69) is 48.3 Å². The van der Waals surface area contributed by atoms with Crippen molar-refractivity contribution in [2.24, 2.45) is 5.41 Å². The van der Waals surface area contributed by atoms with Gasteiger partial charge in [-0.2, -0.15) is 0 Å². The van der Waals surface area contributed by atoms with Gasteiger partial charge in [-0.05, 0) is 55.1 Å². The number of rotatable bonds is 4. The Morgan fingerprint density at radius 1 is 1.17 bits per heavy atom. The smallest absolute Gasteiger partial charge is 0.319 e. The van der Waals surface area contributed by atoms with Gasteiger partial charge in [0.2, 0.25) is 0 Å². The number of anilines is 2. The maximum Gasteiger partial charge on any atom is 0.319 e. The van der Waals surface area contributed by atoms with Crippen LogP contribution in [-0.2, 0) is 0 Å². The predicted molar refractivity (Wildman–Crippen MR) is 119 cm³/mol. The lowest BCUT2D eigenvalue weighted by Gasteiger charge is -2.30. The lowest BCUT2D eigenvalue weighted by Crippen LogP contribution is -2.38. The van der Waals surface area contributed by atoms with Crippen molar-refractivity contribution in [2.75, 3.05) is 43.4 Å². The highest BCUT2D eigenvalue weighted by Crippen LogP contribution is 2.35. The highest BCUT2D eigenvalue weighted by Gasteiger charge is 2.28. The topological polar surface area (TPSA) is 47.6 Å². The fourth-order valence-electron chi connectivity index (χ4n) is 3.60. The molecule has 1 aliphatic rings. The van der Waals surface area contributed by atoms with Gasteiger partial charge in [0.05, 0.1) is 11.7 Å². The minimum Gasteiger partial charge on any atom is -0.368 e. The molecular formula is C22H31FN4OS. The van der Waals surface area contributed by atoms with Crippen LogP contribution in [0.15, 0.2) is 35.7 Å². The molecule has 0 unspecified atom stereocenters. The van der Waals surface area contributed by atoms with Crippen LogP contribution in [0.4, 0.5) is 20.6 Å². The van der Waals surface area contributed by atoms with Crippen LogP contribution in [0.3, 0.4) is 0 Å². The molecule has 2 N–H and O–H groups in total. The summed E-state index contributed by atoms with van der Waals surface area (Å²) in [7, 11) is 2.09. The number of nitrogens with one attached hydrogen (secondary N) is 2. The molecule has 0 spiro atoms. The molecule has 2 aromatic rings. The number of nitrogens with zero attached hydrogens (tertiary/aromatic N) is 2. The third-order valence-electron chi connectivity index (χ3n) is 5.23. The normalized spacial score (nSPS) is 16.9. The number of thiophene rings is 1. The molecule has 1 aromatic carbocycles. The van der Waals surface area contributed by atoms with Crippen LogP contribution in [0.1, 0.15) is 38.1 Å². The zero-order valence-corrected chi connectivity index (χ0v) is 18.5. The molecule has 2 amide bonds. The summed E-state index contributed by atoms with van der Waals surface area (Å²) in [6.07, 6.45) is 1.01. The predicted octanol–water partition coefficient (Wildman–Crippen LogP) is 4.94. The highest BCUT2D eigenvalue weighted by molar-refractivity contribution is 7.10. The largest absolute Gasteiger partial charge is 0.368 e. The van der Waals surface area contributed by atoms with Gasteiger partial charge < -0.3 is 20.4 Å². The molecule has 1 aliphatic heterocycles. The van der Waals surface area contributed by atoms with E-state index < -0.39 is 0 Å². The first-order valence-corrected chi connectivity index (χ1v) is 11.0. The average Bonchev–Trinajstić information content (AvgIpc) is 3.08. The highest BCUT2D eigenvalue weighted by atomic mass is 32.1. The number of carbonyl (C=O) groups excluding carboxylic acids is 1. The maximum atomic E-state index is 14.8. The molecule has 0 radical (unpaired) electrons. The summed E-state index contributed by atoms with van der Waals surface area (Å²) in [5.41, 5.74) is 0.906. The van der Waals surface area contributed by atoms with Crippen molar-refractivity contribution in [3.8, 4) is 0 Å². The molecule has 0 bridgehead atoms. The monoisotopic (exact) mass is 418 g/mol. The summed E-state index contributed by atoms with van der Waals surface area (Å²) >= 11 is 1.62. The summed E-state index contributed by atoms with van der Waals surface area (Å²) in [6.45, 7) is 9.84. The molecule has 5 nitrogen and oxygen atoms in total. The van der Waals surface area contributed by atoms with Crippen molar-refractivity contribution < 1.29 is 9.18 Å². The molecular weight excluding hydrogens is 387 g/mol. The second-order valence-electron chi connectivity index (χ2n) is 8.72. The van der Waals surface area contributed by atoms with Gasteiger partial charge in [0, 0.05) is 30.2 Å². The van der Waals surface area contributed by atoms with E-state index in [1.165, 1.54) is 6.07 Å². The quantitative estimate of drug-likeness (QED) is 0.739. The Bertz CT molecular complexity index is 819. The fourth-order valence-corrected chi connectivity index (χ4v) is 4.62. The Labute approximate surface area is 176 Å². The van der Waals surface area contributed by atoms with Crippen LogP contribution in [0.25, 0.3) is 0 Å². The van der Waals surface area contributed by atoms with Gasteiger partial charge in [0.1, 0.15) is 5.82 Å². The van der Waals surface area contributed by atoms with E-state index in [0.29, 0.717) is 11.4 Å². The number of hydrogen-bond donors (Lipinski definition) is 2. The SMILES string of the molecule is CN1CCCN(c2ccc(NC(=O)N[C@H](c3cccs3)C(C)(C)C)cc2F)CC1. The van der Waals surface area contributed by atoms with Crippen molar-refractivity contribution in [1.82, 2.24) is 10.2 Å². The van der Waals surface area contributed by atoms with Crippen molar-refractivity contribution in [3.63, 3.8) is 0 Å². The lowest BCUT2D eigenvalue weighted by molar-refractivity contribution is 0.230. The zero-order valence-electron chi connectivity index (χ0n) is 17.7. The first kappa shape index (κ1) is 21.6. The summed E-state index contributed by atoms with van der Waals surface area (Å²) in [5.74, 6) is -0.307. The average molecular weight is 419 g/mol. The van der Waals surface area contributed by atoms with E-state index >= 15 is 0 Å². The number of benzene rings is 1. The van der Waals surface area contributed by atoms with Gasteiger partial charge in [-0.3, -0.25) is 0 Å². The molecule has 0 saturated carbocycles. The molecule has 1 fully saturated rings. The van der Waals surface area contributed by atoms with E-state index in [1.807, 2.05) is 17.5 Å². The van der Waals surface area contributed by atoms with Crippen LogP contribution in [-0.4, -0.2) is 44.2 Å². The number of halogens is 1. The molecule has 1 saturated heterocycles. The number of urea groups is 1. The fraction of sp³-hybridized carbons (Fsp3) is 0.500. The van der Waals surface area contributed by atoms with Gasteiger partial charge in [0.25, 0.3) is 0 Å². The van der Waals surface area contributed by atoms with Crippen molar-refractivity contribution >= 4 is 28.7 Å². The molecule has 7 heteroatoms. The van der Waals surface area contributed by atoms with Crippen LogP contribution in [0.2, 0.25) is 0 Å². The Hall–Kier alpha value is -2.12. The number of likely N-dealkylation sites (N-methyl/N-ethyl adjacent to an activating group) is 1. The third kappa shape index (κ3) is 5.70. The van der Waals surface area contributed by atoms with Gasteiger partial charge in [-0.1, -0.05) is 26.8 Å². The standard InChI is InChI=1S/C22H31FN4OS/c1-22(2,3)20(19-7-5-14-29-19)25-21(28)24-16-8-9-18(17(23)15-16)27-11-6-10-26(4)12-13-27/h5,7-9,14-15,20H,6,10-13H2,1-4H3,(H2,24,25,28)/t20-/m1/s1. The molecule has 1 aromatic heterocycles. The zero-order chi connectivity index (χ0) is 21.0. The molecule has 2 heterocycles. The van der Waals surface area contributed by atoms with Crippen molar-refractivity contribution in [2.45, 2.75) is 33.2 Å². The minimum atomic E-state index is -0.332. The van der Waals surface area contributed by atoms with E-state index in [9.17, 15) is 9.18 Å². The van der Waals surface area contributed by atoms with Crippen LogP contribution in [0, 0.1) is 11.2 Å². The Balaban J connectivity index is 1.67. The summed E-state index contributed by atoms with van der Waals surface area (Å²) < 4.78 is 14.8. The van der Waals surface area contributed by atoms with Crippen LogP contribution < -0.4 is 15.5 Å². The van der Waals surface area contributed by atoms with E-state index in [-0.39, 0.29) is 23.3 Å². The second-order valence-corrected chi connectivity index (χ2v) is 9.70. The second kappa shape index (κ2) is 9.13. The number of carbonyl (C=O) groups is 1.